The quantitative estimate of drug-likeness (QED) is 0.872. The molecule has 1 atom stereocenters. The SMILES string of the molecule is CN1CCCC1c1cc(F)ccc1OCCO. The molecule has 0 bridgehead atoms. The van der Waals surface area contributed by atoms with Gasteiger partial charge < -0.3 is 9.84 Å². The summed E-state index contributed by atoms with van der Waals surface area (Å²) >= 11 is 0. The maximum absolute atomic E-state index is 13.3. The van der Waals surface area contributed by atoms with Crippen LogP contribution in [-0.4, -0.2) is 36.8 Å². The van der Waals surface area contributed by atoms with Crippen molar-refractivity contribution in [1.29, 1.82) is 0 Å². The van der Waals surface area contributed by atoms with Gasteiger partial charge in [-0.05, 0) is 44.6 Å². The van der Waals surface area contributed by atoms with Gasteiger partial charge in [-0.15, -0.1) is 0 Å². The van der Waals surface area contributed by atoms with Gasteiger partial charge >= 0.3 is 0 Å². The standard InChI is InChI=1S/C13H18FNO2/c1-15-6-2-3-12(15)11-9-10(14)4-5-13(11)17-8-7-16/h4-5,9,12,16H,2-3,6-8H2,1H3. The van der Waals surface area contributed by atoms with Gasteiger partial charge in [0.1, 0.15) is 18.2 Å². The van der Waals surface area contributed by atoms with Crippen LogP contribution in [0, 0.1) is 5.82 Å². The van der Waals surface area contributed by atoms with Gasteiger partial charge in [-0.1, -0.05) is 0 Å². The number of aliphatic hydroxyl groups is 1. The second-order valence-corrected chi connectivity index (χ2v) is 4.39. The van der Waals surface area contributed by atoms with E-state index in [1.54, 1.807) is 12.1 Å². The van der Waals surface area contributed by atoms with Crippen molar-refractivity contribution in [3.05, 3.63) is 29.6 Å². The van der Waals surface area contributed by atoms with E-state index in [0.29, 0.717) is 5.75 Å². The Bertz CT molecular complexity index is 384. The molecule has 1 aromatic carbocycles. The predicted octanol–water partition coefficient (Wildman–Crippen LogP) is 1.96. The fourth-order valence-corrected chi connectivity index (χ4v) is 2.37. The zero-order valence-electron chi connectivity index (χ0n) is 10.0. The number of aliphatic hydroxyl groups excluding tert-OH is 1. The van der Waals surface area contributed by atoms with Gasteiger partial charge in [-0.25, -0.2) is 4.39 Å². The van der Waals surface area contributed by atoms with Crippen LogP contribution in [0.25, 0.3) is 0 Å². The smallest absolute Gasteiger partial charge is 0.124 e. The average molecular weight is 239 g/mol. The van der Waals surface area contributed by atoms with Crippen LogP contribution in [0.2, 0.25) is 0 Å². The van der Waals surface area contributed by atoms with E-state index >= 15 is 0 Å². The number of benzene rings is 1. The molecule has 1 heterocycles. The highest BCUT2D eigenvalue weighted by Gasteiger charge is 2.25. The van der Waals surface area contributed by atoms with Crippen molar-refractivity contribution in [1.82, 2.24) is 4.90 Å². The van der Waals surface area contributed by atoms with Crippen molar-refractivity contribution in [3.8, 4) is 5.75 Å². The molecule has 94 valence electrons. The summed E-state index contributed by atoms with van der Waals surface area (Å²) in [5.74, 6) is 0.441. The minimum absolute atomic E-state index is 0.0304. The van der Waals surface area contributed by atoms with Gasteiger partial charge in [-0.2, -0.15) is 0 Å². The summed E-state index contributed by atoms with van der Waals surface area (Å²) in [4.78, 5) is 2.21. The van der Waals surface area contributed by atoms with E-state index < -0.39 is 0 Å². The number of nitrogens with zero attached hydrogens (tertiary/aromatic N) is 1. The Balaban J connectivity index is 2.25. The summed E-state index contributed by atoms with van der Waals surface area (Å²) < 4.78 is 18.8. The van der Waals surface area contributed by atoms with Gasteiger partial charge in [-0.3, -0.25) is 4.90 Å². The highest BCUT2D eigenvalue weighted by atomic mass is 19.1. The van der Waals surface area contributed by atoms with Gasteiger partial charge in [0.2, 0.25) is 0 Å². The molecule has 3 nitrogen and oxygen atoms in total. The summed E-state index contributed by atoms with van der Waals surface area (Å²) in [5.41, 5.74) is 0.887. The van der Waals surface area contributed by atoms with Crippen LogP contribution in [0.5, 0.6) is 5.75 Å². The summed E-state index contributed by atoms with van der Waals surface area (Å²) in [5, 5.41) is 8.78. The number of likely N-dealkylation sites (tertiary alicyclic amines) is 1. The van der Waals surface area contributed by atoms with E-state index in [1.807, 2.05) is 7.05 Å². The van der Waals surface area contributed by atoms with Crippen molar-refractivity contribution in [2.24, 2.45) is 0 Å². The second-order valence-electron chi connectivity index (χ2n) is 4.39. The van der Waals surface area contributed by atoms with Gasteiger partial charge in [0.05, 0.1) is 6.61 Å². The summed E-state index contributed by atoms with van der Waals surface area (Å²) in [6.07, 6.45) is 2.15. The van der Waals surface area contributed by atoms with E-state index in [-0.39, 0.29) is 25.1 Å². The zero-order valence-corrected chi connectivity index (χ0v) is 10.0. The predicted molar refractivity (Wildman–Crippen MR) is 63.6 cm³/mol. The first-order chi connectivity index (χ1) is 8.22. The fourth-order valence-electron chi connectivity index (χ4n) is 2.37. The first-order valence-corrected chi connectivity index (χ1v) is 5.95. The third kappa shape index (κ3) is 2.76. The Morgan fingerprint density at radius 3 is 3.00 bits per heavy atom. The first-order valence-electron chi connectivity index (χ1n) is 5.95. The molecular weight excluding hydrogens is 221 g/mol. The molecule has 0 radical (unpaired) electrons. The number of rotatable bonds is 4. The largest absolute Gasteiger partial charge is 0.491 e. The van der Waals surface area contributed by atoms with Crippen molar-refractivity contribution >= 4 is 0 Å². The number of halogens is 1. The Morgan fingerprint density at radius 1 is 1.53 bits per heavy atom. The lowest BCUT2D eigenvalue weighted by Gasteiger charge is -2.22. The number of hydrogen-bond donors (Lipinski definition) is 1. The van der Waals surface area contributed by atoms with Crippen molar-refractivity contribution in [2.75, 3.05) is 26.8 Å². The molecule has 1 aliphatic heterocycles. The highest BCUT2D eigenvalue weighted by Crippen LogP contribution is 2.36. The van der Waals surface area contributed by atoms with Crippen LogP contribution in [0.4, 0.5) is 4.39 Å². The number of hydrogen-bond acceptors (Lipinski definition) is 3. The molecule has 2 rings (SSSR count). The minimum Gasteiger partial charge on any atom is -0.491 e. The Labute approximate surface area is 101 Å². The maximum Gasteiger partial charge on any atom is 0.124 e. The van der Waals surface area contributed by atoms with Crippen LogP contribution in [0.3, 0.4) is 0 Å². The first kappa shape index (κ1) is 12.3. The molecule has 0 aromatic heterocycles. The molecule has 1 fully saturated rings. The minimum atomic E-state index is -0.239. The molecule has 0 amide bonds. The molecule has 0 spiro atoms. The lowest BCUT2D eigenvalue weighted by molar-refractivity contribution is 0.197. The molecule has 1 unspecified atom stereocenters. The van der Waals surface area contributed by atoms with E-state index in [9.17, 15) is 4.39 Å². The molecule has 1 N–H and O–H groups in total. The Morgan fingerprint density at radius 2 is 2.35 bits per heavy atom. The maximum atomic E-state index is 13.3. The number of ether oxygens (including phenoxy) is 1. The van der Waals surface area contributed by atoms with Gasteiger partial charge in [0.15, 0.2) is 0 Å². The van der Waals surface area contributed by atoms with E-state index in [1.165, 1.54) is 6.07 Å². The topological polar surface area (TPSA) is 32.7 Å². The highest BCUT2D eigenvalue weighted by molar-refractivity contribution is 5.37. The average Bonchev–Trinajstić information content (AvgIpc) is 2.74. The molecule has 1 aromatic rings. The van der Waals surface area contributed by atoms with Crippen LogP contribution in [0.15, 0.2) is 18.2 Å². The molecule has 0 saturated carbocycles. The van der Waals surface area contributed by atoms with Crippen molar-refractivity contribution < 1.29 is 14.2 Å². The fraction of sp³-hybridized carbons (Fsp3) is 0.538. The van der Waals surface area contributed by atoms with Gasteiger partial charge in [0, 0.05) is 11.6 Å². The monoisotopic (exact) mass is 239 g/mol. The van der Waals surface area contributed by atoms with Crippen molar-refractivity contribution in [3.63, 3.8) is 0 Å². The van der Waals surface area contributed by atoms with Crippen molar-refractivity contribution in [2.45, 2.75) is 18.9 Å². The van der Waals surface area contributed by atoms with Crippen LogP contribution in [0.1, 0.15) is 24.4 Å². The van der Waals surface area contributed by atoms with Crippen LogP contribution >= 0.6 is 0 Å². The second kappa shape index (κ2) is 5.47. The normalized spacial score (nSPS) is 20.8. The molecule has 17 heavy (non-hydrogen) atoms. The van der Waals surface area contributed by atoms with Gasteiger partial charge in [0.25, 0.3) is 0 Å². The van der Waals surface area contributed by atoms with Crippen LogP contribution < -0.4 is 4.74 Å². The molecular formula is C13H18FNO2. The zero-order chi connectivity index (χ0) is 12.3. The molecule has 0 aliphatic carbocycles. The lowest BCUT2D eigenvalue weighted by atomic mass is 10.0. The van der Waals surface area contributed by atoms with Crippen LogP contribution in [-0.2, 0) is 0 Å². The Hall–Kier alpha value is -1.13. The summed E-state index contributed by atoms with van der Waals surface area (Å²) in [7, 11) is 2.04. The van der Waals surface area contributed by atoms with E-state index in [4.69, 9.17) is 9.84 Å². The molecule has 1 aliphatic rings. The summed E-state index contributed by atoms with van der Waals surface area (Å²) in [6.45, 7) is 1.24. The lowest BCUT2D eigenvalue weighted by Crippen LogP contribution is -2.18. The molecule has 4 heteroatoms. The van der Waals surface area contributed by atoms with E-state index in [0.717, 1.165) is 24.9 Å². The van der Waals surface area contributed by atoms with E-state index in [2.05, 4.69) is 4.90 Å². The third-order valence-electron chi connectivity index (χ3n) is 3.20. The third-order valence-corrected chi connectivity index (χ3v) is 3.20. The Kier molecular flexibility index (Phi) is 3.97. The molecule has 1 saturated heterocycles. The summed E-state index contributed by atoms with van der Waals surface area (Å²) in [6, 6.07) is 4.80.